The maximum absolute atomic E-state index is 15.1. The maximum Gasteiger partial charge on any atom is 0.222 e. The predicted molar refractivity (Wildman–Crippen MR) is 132 cm³/mol. The van der Waals surface area contributed by atoms with Gasteiger partial charge < -0.3 is 14.6 Å². The summed E-state index contributed by atoms with van der Waals surface area (Å²) < 4.78 is 35.6. The van der Waals surface area contributed by atoms with Crippen LogP contribution >= 0.6 is 11.6 Å². The van der Waals surface area contributed by atoms with Crippen molar-refractivity contribution in [1.82, 2.24) is 9.55 Å². The molecule has 2 aromatic carbocycles. The molecule has 4 rings (SSSR count). The molecule has 0 bridgehead atoms. The van der Waals surface area contributed by atoms with Gasteiger partial charge in [-0.3, -0.25) is 4.99 Å². The Morgan fingerprint density at radius 1 is 1.24 bits per heavy atom. The predicted octanol–water partition coefficient (Wildman–Crippen LogP) is 6.00. The largest absolute Gasteiger partial charge is 0.494 e. The van der Waals surface area contributed by atoms with Crippen molar-refractivity contribution in [1.29, 1.82) is 0 Å². The van der Waals surface area contributed by atoms with E-state index < -0.39 is 11.6 Å². The van der Waals surface area contributed by atoms with Crippen LogP contribution < -0.4 is 10.1 Å². The number of rotatable bonds is 4. The molecule has 0 fully saturated rings. The first-order valence-electron chi connectivity index (χ1n) is 10.4. The summed E-state index contributed by atoms with van der Waals surface area (Å²) in [4.78, 5) is 13.0. The normalized spacial score (nSPS) is 14.9. The Morgan fingerprint density at radius 2 is 2.06 bits per heavy atom. The third-order valence-electron chi connectivity index (χ3n) is 5.17. The van der Waals surface area contributed by atoms with E-state index in [4.69, 9.17) is 16.3 Å². The summed E-state index contributed by atoms with van der Waals surface area (Å²) in [6, 6.07) is 7.23. The zero-order chi connectivity index (χ0) is 24.2. The molecule has 34 heavy (non-hydrogen) atoms. The summed E-state index contributed by atoms with van der Waals surface area (Å²) in [5, 5.41) is 3.33. The molecule has 3 aromatic rings. The van der Waals surface area contributed by atoms with Gasteiger partial charge in [0, 0.05) is 42.6 Å². The molecular weight excluding hydrogens is 460 g/mol. The molecule has 0 saturated heterocycles. The fourth-order valence-corrected chi connectivity index (χ4v) is 3.86. The van der Waals surface area contributed by atoms with Gasteiger partial charge in [-0.2, -0.15) is 0 Å². The highest BCUT2D eigenvalue weighted by Crippen LogP contribution is 2.31. The van der Waals surface area contributed by atoms with E-state index in [-0.39, 0.29) is 16.7 Å². The van der Waals surface area contributed by atoms with Gasteiger partial charge in [0.15, 0.2) is 5.82 Å². The van der Waals surface area contributed by atoms with E-state index in [1.54, 1.807) is 29.9 Å². The van der Waals surface area contributed by atoms with Crippen molar-refractivity contribution in [2.24, 2.45) is 9.98 Å². The number of nitrogens with one attached hydrogen (secondary N) is 1. The molecule has 0 spiro atoms. The van der Waals surface area contributed by atoms with Crippen LogP contribution in [-0.2, 0) is 0 Å². The molecule has 1 aliphatic carbocycles. The number of ether oxygens (including phenoxy) is 1. The molecule has 1 aromatic heterocycles. The van der Waals surface area contributed by atoms with E-state index in [2.05, 4.69) is 20.3 Å². The van der Waals surface area contributed by atoms with Gasteiger partial charge in [-0.15, -0.1) is 0 Å². The fourth-order valence-electron chi connectivity index (χ4n) is 3.60. The SMILES string of the molecule is CN=C(/N=C1\CC=CC=C1c1ccc(F)cc1Cl)Nc1cc(F)c(-n2cnc(C)c2)c(OC)c1. The third kappa shape index (κ3) is 4.92. The number of hydrogen-bond acceptors (Lipinski definition) is 3. The van der Waals surface area contributed by atoms with Gasteiger partial charge in [0.2, 0.25) is 5.96 Å². The Bertz CT molecular complexity index is 1360. The summed E-state index contributed by atoms with van der Waals surface area (Å²) in [6.07, 6.45) is 9.46. The molecule has 174 valence electrons. The molecule has 6 nitrogen and oxygen atoms in total. The highest BCUT2D eigenvalue weighted by Gasteiger charge is 2.18. The number of aryl methyl sites for hydroxylation is 1. The van der Waals surface area contributed by atoms with Crippen molar-refractivity contribution in [3.63, 3.8) is 0 Å². The van der Waals surface area contributed by atoms with Gasteiger partial charge >= 0.3 is 0 Å². The second-order valence-corrected chi connectivity index (χ2v) is 7.91. The highest BCUT2D eigenvalue weighted by atomic mass is 35.5. The number of aliphatic imine (C=N–C) groups is 2. The van der Waals surface area contributed by atoms with Crippen LogP contribution in [-0.4, -0.2) is 35.4 Å². The molecule has 1 aliphatic rings. The molecule has 1 heterocycles. The second-order valence-electron chi connectivity index (χ2n) is 7.50. The second kappa shape index (κ2) is 10.0. The Kier molecular flexibility index (Phi) is 6.88. The highest BCUT2D eigenvalue weighted by molar-refractivity contribution is 6.36. The quantitative estimate of drug-likeness (QED) is 0.367. The van der Waals surface area contributed by atoms with E-state index in [1.807, 2.05) is 25.2 Å². The molecule has 9 heteroatoms. The average molecular weight is 482 g/mol. The minimum Gasteiger partial charge on any atom is -0.494 e. The van der Waals surface area contributed by atoms with Crippen molar-refractivity contribution >= 4 is 34.5 Å². The fraction of sp³-hybridized carbons (Fsp3) is 0.160. The van der Waals surface area contributed by atoms with Crippen molar-refractivity contribution in [3.05, 3.63) is 89.0 Å². The molecular formula is C25H22ClF2N5O. The zero-order valence-electron chi connectivity index (χ0n) is 18.8. The summed E-state index contributed by atoms with van der Waals surface area (Å²) >= 11 is 6.28. The van der Waals surface area contributed by atoms with Crippen LogP contribution in [0.4, 0.5) is 14.5 Å². The number of benzene rings is 2. The van der Waals surface area contributed by atoms with Gasteiger partial charge in [-0.1, -0.05) is 29.8 Å². The number of halogens is 3. The number of methoxy groups -OCH3 is 1. The third-order valence-corrected chi connectivity index (χ3v) is 5.48. The molecule has 0 aliphatic heterocycles. The maximum atomic E-state index is 15.1. The Hall–Kier alpha value is -3.78. The van der Waals surface area contributed by atoms with Gasteiger partial charge in [-0.05, 0) is 31.2 Å². The van der Waals surface area contributed by atoms with Crippen LogP contribution in [0.2, 0.25) is 5.02 Å². The minimum absolute atomic E-state index is 0.253. The van der Waals surface area contributed by atoms with Gasteiger partial charge in [-0.25, -0.2) is 18.8 Å². The van der Waals surface area contributed by atoms with Crippen molar-refractivity contribution in [3.8, 4) is 11.4 Å². The lowest BCUT2D eigenvalue weighted by Crippen LogP contribution is -2.15. The van der Waals surface area contributed by atoms with Crippen LogP contribution in [0, 0.1) is 18.6 Å². The van der Waals surface area contributed by atoms with E-state index in [1.165, 1.54) is 31.6 Å². The van der Waals surface area contributed by atoms with E-state index in [0.29, 0.717) is 29.1 Å². The average Bonchev–Trinajstić information content (AvgIpc) is 3.24. The standard InChI is InChI=1S/C25H22ClF2N5O/c1-15-13-33(14-30-15)24-21(28)11-17(12-23(24)34-3)31-25(29-2)32-22-7-5-4-6-19(22)18-9-8-16(27)10-20(18)26/h4-6,8-14H,7H2,1-3H3,(H,29,31)/b32-22+. The summed E-state index contributed by atoms with van der Waals surface area (Å²) in [5.74, 6) is -0.326. The number of hydrogen-bond donors (Lipinski definition) is 1. The zero-order valence-corrected chi connectivity index (χ0v) is 19.6. The first-order chi connectivity index (χ1) is 16.4. The van der Waals surface area contributed by atoms with E-state index >= 15 is 4.39 Å². The number of nitrogens with zero attached hydrogens (tertiary/aromatic N) is 4. The van der Waals surface area contributed by atoms with Crippen LogP contribution in [0.1, 0.15) is 17.7 Å². The Balaban J connectivity index is 1.65. The number of guanidine groups is 1. The molecule has 1 N–H and O–H groups in total. The Labute approximate surface area is 201 Å². The number of imidazole rings is 1. The first kappa shape index (κ1) is 23.4. The minimum atomic E-state index is -0.498. The number of aromatic nitrogens is 2. The number of allylic oxidation sites excluding steroid dienone is 4. The van der Waals surface area contributed by atoms with Crippen LogP contribution in [0.5, 0.6) is 5.75 Å². The lowest BCUT2D eigenvalue weighted by molar-refractivity contribution is 0.409. The topological polar surface area (TPSA) is 63.8 Å². The van der Waals surface area contributed by atoms with Gasteiger partial charge in [0.1, 0.15) is 17.3 Å². The monoisotopic (exact) mass is 481 g/mol. The molecule has 0 amide bonds. The van der Waals surface area contributed by atoms with Crippen LogP contribution in [0.3, 0.4) is 0 Å². The van der Waals surface area contributed by atoms with Crippen molar-refractivity contribution < 1.29 is 13.5 Å². The Morgan fingerprint density at radius 3 is 2.74 bits per heavy atom. The summed E-state index contributed by atoms with van der Waals surface area (Å²) in [6.45, 7) is 1.82. The first-order valence-corrected chi connectivity index (χ1v) is 10.8. The smallest absolute Gasteiger partial charge is 0.222 e. The van der Waals surface area contributed by atoms with Crippen LogP contribution in [0.25, 0.3) is 11.3 Å². The molecule has 0 saturated carbocycles. The van der Waals surface area contributed by atoms with Crippen molar-refractivity contribution in [2.45, 2.75) is 13.3 Å². The van der Waals surface area contributed by atoms with Crippen molar-refractivity contribution in [2.75, 3.05) is 19.5 Å². The van der Waals surface area contributed by atoms with Gasteiger partial charge in [0.05, 0.1) is 29.9 Å². The lowest BCUT2D eigenvalue weighted by Gasteiger charge is -2.16. The van der Waals surface area contributed by atoms with Gasteiger partial charge in [0.25, 0.3) is 0 Å². The molecule has 0 atom stereocenters. The van der Waals surface area contributed by atoms with E-state index in [0.717, 1.165) is 11.3 Å². The number of anilines is 1. The lowest BCUT2D eigenvalue weighted by atomic mass is 9.95. The summed E-state index contributed by atoms with van der Waals surface area (Å²) in [5.41, 5.74) is 3.52. The molecule has 0 unspecified atom stereocenters. The summed E-state index contributed by atoms with van der Waals surface area (Å²) in [7, 11) is 3.05. The van der Waals surface area contributed by atoms with Crippen LogP contribution in [0.15, 0.2) is 71.1 Å². The van der Waals surface area contributed by atoms with E-state index in [9.17, 15) is 4.39 Å². The molecule has 0 radical (unpaired) electrons.